The van der Waals surface area contributed by atoms with E-state index in [2.05, 4.69) is 6.92 Å². The molecule has 0 N–H and O–H groups in total. The van der Waals surface area contributed by atoms with Crippen LogP contribution >= 0.6 is 0 Å². The minimum Gasteiger partial charge on any atom is -0.340 e. The van der Waals surface area contributed by atoms with Crippen LogP contribution in [0.1, 0.15) is 45.4 Å². The molecule has 1 amide bonds. The predicted molar refractivity (Wildman–Crippen MR) is 86.6 cm³/mol. The molecular weight excluding hydrogens is 282 g/mol. The summed E-state index contributed by atoms with van der Waals surface area (Å²) in [5.74, 6) is 0.914. The second-order valence-electron chi connectivity index (χ2n) is 5.64. The zero-order chi connectivity index (χ0) is 15.1. The molecule has 0 bridgehead atoms. The average Bonchev–Trinajstić information content (AvgIpc) is 2.51. The van der Waals surface area contributed by atoms with E-state index in [-0.39, 0.29) is 5.91 Å². The lowest BCUT2D eigenvalue weighted by Crippen LogP contribution is -2.44. The molecule has 0 aliphatic carbocycles. The Morgan fingerprint density at radius 2 is 2.05 bits per heavy atom. The first-order chi connectivity index (χ1) is 10.2. The van der Waals surface area contributed by atoms with Crippen LogP contribution in [0.2, 0.25) is 0 Å². The standard InChI is InChI=1S/C17H25NO2S/c1-2-8-15-9-6-12-17(19)18(15)13-7-14-21(20)16-10-4-3-5-11-16/h3-5,10-11,15H,2,6-9,12-14H2,1H3. The van der Waals surface area contributed by atoms with Gasteiger partial charge < -0.3 is 4.90 Å². The molecule has 1 aromatic rings. The third kappa shape index (κ3) is 4.67. The molecule has 3 nitrogen and oxygen atoms in total. The Hall–Kier alpha value is -1.16. The molecule has 2 unspecified atom stereocenters. The Balaban J connectivity index is 1.83. The number of hydrogen-bond donors (Lipinski definition) is 0. The molecule has 1 saturated heterocycles. The molecule has 2 atom stereocenters. The number of carbonyl (C=O) groups is 1. The maximum absolute atomic E-state index is 12.2. The summed E-state index contributed by atoms with van der Waals surface area (Å²) < 4.78 is 12.2. The number of rotatable bonds is 7. The Bertz CT molecular complexity index is 473. The molecule has 116 valence electrons. The van der Waals surface area contributed by atoms with E-state index in [1.165, 1.54) is 0 Å². The molecule has 0 radical (unpaired) electrons. The highest BCUT2D eigenvalue weighted by atomic mass is 32.2. The van der Waals surface area contributed by atoms with Gasteiger partial charge in [0.15, 0.2) is 0 Å². The second kappa shape index (κ2) is 8.32. The van der Waals surface area contributed by atoms with Gasteiger partial charge in [0, 0.05) is 29.7 Å². The van der Waals surface area contributed by atoms with Crippen molar-refractivity contribution in [1.29, 1.82) is 0 Å². The van der Waals surface area contributed by atoms with Crippen molar-refractivity contribution in [1.82, 2.24) is 4.90 Å². The topological polar surface area (TPSA) is 37.4 Å². The van der Waals surface area contributed by atoms with E-state index in [0.29, 0.717) is 18.2 Å². The van der Waals surface area contributed by atoms with Crippen LogP contribution in [-0.2, 0) is 15.6 Å². The van der Waals surface area contributed by atoms with Gasteiger partial charge in [-0.2, -0.15) is 0 Å². The largest absolute Gasteiger partial charge is 0.340 e. The van der Waals surface area contributed by atoms with Gasteiger partial charge in [0.2, 0.25) is 5.91 Å². The molecule has 2 rings (SSSR count). The molecular formula is C17H25NO2S. The van der Waals surface area contributed by atoms with Crippen LogP contribution in [0.3, 0.4) is 0 Å². The summed E-state index contributed by atoms with van der Waals surface area (Å²) in [6.07, 6.45) is 5.85. The highest BCUT2D eigenvalue weighted by Crippen LogP contribution is 2.22. The van der Waals surface area contributed by atoms with Gasteiger partial charge in [-0.15, -0.1) is 0 Å². The second-order valence-corrected chi connectivity index (χ2v) is 7.21. The zero-order valence-corrected chi connectivity index (χ0v) is 13.6. The molecule has 1 aliphatic rings. The van der Waals surface area contributed by atoms with Gasteiger partial charge in [-0.05, 0) is 37.8 Å². The first-order valence-corrected chi connectivity index (χ1v) is 9.27. The Kier molecular flexibility index (Phi) is 6.43. The molecule has 0 aromatic heterocycles. The van der Waals surface area contributed by atoms with Crippen molar-refractivity contribution >= 4 is 16.7 Å². The van der Waals surface area contributed by atoms with E-state index in [9.17, 15) is 9.00 Å². The normalized spacial score (nSPS) is 20.5. The maximum Gasteiger partial charge on any atom is 0.222 e. The van der Waals surface area contributed by atoms with Gasteiger partial charge in [0.25, 0.3) is 0 Å². The molecule has 0 spiro atoms. The van der Waals surface area contributed by atoms with Crippen LogP contribution in [0.25, 0.3) is 0 Å². The number of carbonyl (C=O) groups excluding carboxylic acids is 1. The predicted octanol–water partition coefficient (Wildman–Crippen LogP) is 3.37. The summed E-state index contributed by atoms with van der Waals surface area (Å²) in [5, 5.41) is 0. The Labute approximate surface area is 130 Å². The number of piperidine rings is 1. The summed E-state index contributed by atoms with van der Waals surface area (Å²) in [6.45, 7) is 2.92. The van der Waals surface area contributed by atoms with E-state index in [1.807, 2.05) is 35.2 Å². The van der Waals surface area contributed by atoms with Crippen molar-refractivity contribution in [3.63, 3.8) is 0 Å². The van der Waals surface area contributed by atoms with E-state index in [0.717, 1.165) is 43.5 Å². The van der Waals surface area contributed by atoms with Gasteiger partial charge in [-0.1, -0.05) is 31.5 Å². The number of benzene rings is 1. The summed E-state index contributed by atoms with van der Waals surface area (Å²) in [5.41, 5.74) is 0. The minimum absolute atomic E-state index is 0.283. The number of amides is 1. The first kappa shape index (κ1) is 16.2. The van der Waals surface area contributed by atoms with Crippen LogP contribution in [0, 0.1) is 0 Å². The highest BCUT2D eigenvalue weighted by Gasteiger charge is 2.26. The fraction of sp³-hybridized carbons (Fsp3) is 0.588. The van der Waals surface area contributed by atoms with Crippen LogP contribution in [0.15, 0.2) is 35.2 Å². The van der Waals surface area contributed by atoms with Crippen LogP contribution < -0.4 is 0 Å². The first-order valence-electron chi connectivity index (χ1n) is 7.95. The Morgan fingerprint density at radius 3 is 2.76 bits per heavy atom. The van der Waals surface area contributed by atoms with E-state index in [4.69, 9.17) is 0 Å². The van der Waals surface area contributed by atoms with Crippen molar-refractivity contribution in [2.24, 2.45) is 0 Å². The van der Waals surface area contributed by atoms with Crippen molar-refractivity contribution in [3.8, 4) is 0 Å². The number of likely N-dealkylation sites (tertiary alicyclic amines) is 1. The molecule has 1 heterocycles. The number of hydrogen-bond acceptors (Lipinski definition) is 2. The van der Waals surface area contributed by atoms with Crippen LogP contribution in [-0.4, -0.2) is 33.4 Å². The van der Waals surface area contributed by atoms with Gasteiger partial charge >= 0.3 is 0 Å². The third-order valence-electron chi connectivity index (χ3n) is 4.05. The molecule has 1 aliphatic heterocycles. The molecule has 0 saturated carbocycles. The van der Waals surface area contributed by atoms with Gasteiger partial charge in [0.05, 0.1) is 10.8 Å². The molecule has 1 aromatic carbocycles. The summed E-state index contributed by atoms with van der Waals surface area (Å²) in [6, 6.07) is 9.98. The van der Waals surface area contributed by atoms with Gasteiger partial charge in [0.1, 0.15) is 0 Å². The van der Waals surface area contributed by atoms with E-state index >= 15 is 0 Å². The summed E-state index contributed by atoms with van der Waals surface area (Å²) in [7, 11) is -0.952. The SMILES string of the molecule is CCCC1CCCC(=O)N1CCCS(=O)c1ccccc1. The monoisotopic (exact) mass is 307 g/mol. The van der Waals surface area contributed by atoms with Crippen molar-refractivity contribution in [2.45, 2.75) is 56.4 Å². The van der Waals surface area contributed by atoms with Crippen molar-refractivity contribution in [2.75, 3.05) is 12.3 Å². The van der Waals surface area contributed by atoms with Crippen molar-refractivity contribution < 1.29 is 9.00 Å². The van der Waals surface area contributed by atoms with Gasteiger partial charge in [-0.3, -0.25) is 9.00 Å². The Morgan fingerprint density at radius 1 is 1.29 bits per heavy atom. The lowest BCUT2D eigenvalue weighted by molar-refractivity contribution is -0.136. The smallest absolute Gasteiger partial charge is 0.222 e. The van der Waals surface area contributed by atoms with Crippen LogP contribution in [0.5, 0.6) is 0 Å². The third-order valence-corrected chi connectivity index (χ3v) is 5.50. The van der Waals surface area contributed by atoms with Crippen molar-refractivity contribution in [3.05, 3.63) is 30.3 Å². The lowest BCUT2D eigenvalue weighted by atomic mass is 9.97. The molecule has 1 fully saturated rings. The van der Waals surface area contributed by atoms with Crippen LogP contribution in [0.4, 0.5) is 0 Å². The fourth-order valence-electron chi connectivity index (χ4n) is 2.99. The number of nitrogens with zero attached hydrogens (tertiary/aromatic N) is 1. The van der Waals surface area contributed by atoms with E-state index < -0.39 is 10.8 Å². The average molecular weight is 307 g/mol. The van der Waals surface area contributed by atoms with E-state index in [1.54, 1.807) is 0 Å². The fourth-order valence-corrected chi connectivity index (χ4v) is 4.08. The highest BCUT2D eigenvalue weighted by molar-refractivity contribution is 7.85. The molecule has 21 heavy (non-hydrogen) atoms. The summed E-state index contributed by atoms with van der Waals surface area (Å²) >= 11 is 0. The maximum atomic E-state index is 12.2. The summed E-state index contributed by atoms with van der Waals surface area (Å²) in [4.78, 5) is 15.0. The minimum atomic E-state index is -0.952. The zero-order valence-electron chi connectivity index (χ0n) is 12.8. The molecule has 4 heteroatoms. The quantitative estimate of drug-likeness (QED) is 0.774. The van der Waals surface area contributed by atoms with Gasteiger partial charge in [-0.25, -0.2) is 0 Å². The lowest BCUT2D eigenvalue weighted by Gasteiger charge is -2.35.